The average molecular weight is 262 g/mol. The predicted octanol–water partition coefficient (Wildman–Crippen LogP) is 4.44. The minimum absolute atomic E-state index is 0.674. The van der Waals surface area contributed by atoms with Crippen molar-refractivity contribution in [2.45, 2.75) is 4.90 Å². The summed E-state index contributed by atoms with van der Waals surface area (Å²) in [4.78, 5) is 0.913. The molecular formula is C13H8ClNOS. The first-order valence-corrected chi connectivity index (χ1v) is 5.91. The van der Waals surface area contributed by atoms with E-state index in [0.717, 1.165) is 27.1 Å². The Bertz CT molecular complexity index is 675. The highest BCUT2D eigenvalue weighted by Crippen LogP contribution is 2.30. The standard InChI is InChI=1S/C13H8ClNOS/c14-9-3-6-12-11(7-9)13(16-15-12)8-1-4-10(17)5-2-8/h1-7,17H. The van der Waals surface area contributed by atoms with Gasteiger partial charge in [-0.2, -0.15) is 0 Å². The van der Waals surface area contributed by atoms with Crippen LogP contribution in [0.15, 0.2) is 51.9 Å². The van der Waals surface area contributed by atoms with E-state index in [1.54, 1.807) is 6.07 Å². The van der Waals surface area contributed by atoms with Crippen LogP contribution in [0.4, 0.5) is 0 Å². The van der Waals surface area contributed by atoms with E-state index >= 15 is 0 Å². The maximum absolute atomic E-state index is 5.98. The minimum Gasteiger partial charge on any atom is -0.355 e. The molecule has 0 radical (unpaired) electrons. The highest BCUT2D eigenvalue weighted by Gasteiger charge is 2.10. The lowest BCUT2D eigenvalue weighted by molar-refractivity contribution is 0.441. The summed E-state index contributed by atoms with van der Waals surface area (Å²) < 4.78 is 5.36. The quantitative estimate of drug-likeness (QED) is 0.656. The van der Waals surface area contributed by atoms with Crippen LogP contribution in [0, 0.1) is 0 Å². The van der Waals surface area contributed by atoms with Gasteiger partial charge in [-0.05, 0) is 30.3 Å². The van der Waals surface area contributed by atoms with E-state index in [9.17, 15) is 0 Å². The highest BCUT2D eigenvalue weighted by molar-refractivity contribution is 7.80. The Kier molecular flexibility index (Phi) is 2.57. The lowest BCUT2D eigenvalue weighted by atomic mass is 10.1. The molecule has 1 aromatic heterocycles. The summed E-state index contributed by atoms with van der Waals surface area (Å²) in [6, 6.07) is 13.2. The van der Waals surface area contributed by atoms with Crippen molar-refractivity contribution in [3.63, 3.8) is 0 Å². The van der Waals surface area contributed by atoms with Gasteiger partial charge in [0.05, 0.1) is 5.39 Å². The second-order valence-corrected chi connectivity index (χ2v) is 4.67. The van der Waals surface area contributed by atoms with Crippen LogP contribution in [0.5, 0.6) is 0 Å². The van der Waals surface area contributed by atoms with Crippen LogP contribution in [0.2, 0.25) is 5.02 Å². The van der Waals surface area contributed by atoms with Crippen molar-refractivity contribution >= 4 is 35.1 Å². The molecule has 3 aromatic rings. The predicted molar refractivity (Wildman–Crippen MR) is 71.7 cm³/mol. The third kappa shape index (κ3) is 1.92. The number of rotatable bonds is 1. The van der Waals surface area contributed by atoms with E-state index in [-0.39, 0.29) is 0 Å². The molecule has 0 fully saturated rings. The lowest BCUT2D eigenvalue weighted by Crippen LogP contribution is -1.75. The third-order valence-electron chi connectivity index (χ3n) is 2.57. The lowest BCUT2D eigenvalue weighted by Gasteiger charge is -1.97. The van der Waals surface area contributed by atoms with Gasteiger partial charge >= 0.3 is 0 Å². The van der Waals surface area contributed by atoms with Gasteiger partial charge in [0.25, 0.3) is 0 Å². The van der Waals surface area contributed by atoms with Gasteiger partial charge in [0, 0.05) is 15.5 Å². The number of aromatic nitrogens is 1. The van der Waals surface area contributed by atoms with Gasteiger partial charge < -0.3 is 4.52 Å². The highest BCUT2D eigenvalue weighted by atomic mass is 35.5. The fraction of sp³-hybridized carbons (Fsp3) is 0. The molecule has 17 heavy (non-hydrogen) atoms. The third-order valence-corrected chi connectivity index (χ3v) is 3.10. The van der Waals surface area contributed by atoms with E-state index in [2.05, 4.69) is 17.8 Å². The van der Waals surface area contributed by atoms with Crippen LogP contribution in [0.3, 0.4) is 0 Å². The zero-order valence-electron chi connectivity index (χ0n) is 8.72. The first kappa shape index (κ1) is 10.7. The van der Waals surface area contributed by atoms with Crippen molar-refractivity contribution in [1.82, 2.24) is 5.16 Å². The summed E-state index contributed by atoms with van der Waals surface area (Å²) >= 11 is 10.2. The van der Waals surface area contributed by atoms with Gasteiger partial charge in [-0.1, -0.05) is 28.9 Å². The molecule has 0 spiro atoms. The number of hydrogen-bond donors (Lipinski definition) is 1. The Morgan fingerprint density at radius 2 is 1.82 bits per heavy atom. The molecule has 0 N–H and O–H groups in total. The Hall–Kier alpha value is -1.45. The molecule has 0 aliphatic carbocycles. The summed E-state index contributed by atoms with van der Waals surface area (Å²) in [6.07, 6.45) is 0. The second kappa shape index (κ2) is 4.09. The van der Waals surface area contributed by atoms with Crippen LogP contribution < -0.4 is 0 Å². The smallest absolute Gasteiger partial charge is 0.174 e. The van der Waals surface area contributed by atoms with E-state index in [4.69, 9.17) is 16.1 Å². The average Bonchev–Trinajstić information content (AvgIpc) is 2.73. The second-order valence-electron chi connectivity index (χ2n) is 3.72. The zero-order valence-corrected chi connectivity index (χ0v) is 10.4. The Labute approximate surface area is 109 Å². The molecule has 0 aliphatic heterocycles. The topological polar surface area (TPSA) is 26.0 Å². The molecular weight excluding hydrogens is 254 g/mol. The van der Waals surface area contributed by atoms with Crippen LogP contribution in [0.25, 0.3) is 22.2 Å². The molecule has 0 amide bonds. The maximum atomic E-state index is 5.98. The van der Waals surface area contributed by atoms with Gasteiger partial charge in [0.1, 0.15) is 5.52 Å². The van der Waals surface area contributed by atoms with Gasteiger partial charge in [-0.3, -0.25) is 0 Å². The number of halogens is 1. The van der Waals surface area contributed by atoms with Crippen molar-refractivity contribution in [2.75, 3.05) is 0 Å². The summed E-state index contributed by atoms with van der Waals surface area (Å²) in [6.45, 7) is 0. The fourth-order valence-electron chi connectivity index (χ4n) is 1.73. The number of nitrogens with zero attached hydrogens (tertiary/aromatic N) is 1. The van der Waals surface area contributed by atoms with E-state index in [1.807, 2.05) is 36.4 Å². The Morgan fingerprint density at radius 1 is 1.06 bits per heavy atom. The van der Waals surface area contributed by atoms with Crippen molar-refractivity contribution in [1.29, 1.82) is 0 Å². The SMILES string of the molecule is Sc1ccc(-c2onc3ccc(Cl)cc23)cc1. The first-order chi connectivity index (χ1) is 8.24. The molecule has 0 saturated carbocycles. The molecule has 0 aliphatic rings. The summed E-state index contributed by atoms with van der Waals surface area (Å²) in [5.74, 6) is 0.732. The number of fused-ring (bicyclic) bond motifs is 1. The minimum atomic E-state index is 0.674. The van der Waals surface area contributed by atoms with Crippen LogP contribution in [-0.4, -0.2) is 5.16 Å². The van der Waals surface area contributed by atoms with Crippen molar-refractivity contribution in [2.24, 2.45) is 0 Å². The largest absolute Gasteiger partial charge is 0.355 e. The number of hydrogen-bond acceptors (Lipinski definition) is 3. The van der Waals surface area contributed by atoms with Gasteiger partial charge in [-0.15, -0.1) is 12.6 Å². The summed E-state index contributed by atoms with van der Waals surface area (Å²) in [5, 5.41) is 5.60. The van der Waals surface area contributed by atoms with Gasteiger partial charge in [0.2, 0.25) is 0 Å². The number of thiol groups is 1. The van der Waals surface area contributed by atoms with Crippen LogP contribution in [-0.2, 0) is 0 Å². The molecule has 84 valence electrons. The van der Waals surface area contributed by atoms with Crippen molar-refractivity contribution in [3.05, 3.63) is 47.5 Å². The summed E-state index contributed by atoms with van der Waals surface area (Å²) in [7, 11) is 0. The molecule has 1 heterocycles. The van der Waals surface area contributed by atoms with Crippen molar-refractivity contribution in [3.8, 4) is 11.3 Å². The molecule has 0 bridgehead atoms. The first-order valence-electron chi connectivity index (χ1n) is 5.08. The Balaban J connectivity index is 2.23. The fourth-order valence-corrected chi connectivity index (χ4v) is 2.06. The van der Waals surface area contributed by atoms with E-state index in [1.165, 1.54) is 0 Å². The molecule has 0 atom stereocenters. The van der Waals surface area contributed by atoms with Gasteiger partial charge in [0.15, 0.2) is 5.76 Å². The molecule has 4 heteroatoms. The monoisotopic (exact) mass is 261 g/mol. The molecule has 0 saturated heterocycles. The number of benzene rings is 2. The molecule has 3 rings (SSSR count). The zero-order chi connectivity index (χ0) is 11.8. The van der Waals surface area contributed by atoms with Gasteiger partial charge in [-0.25, -0.2) is 0 Å². The van der Waals surface area contributed by atoms with Crippen LogP contribution in [0.1, 0.15) is 0 Å². The van der Waals surface area contributed by atoms with E-state index < -0.39 is 0 Å². The maximum Gasteiger partial charge on any atom is 0.174 e. The summed E-state index contributed by atoms with van der Waals surface area (Å²) in [5.41, 5.74) is 1.77. The van der Waals surface area contributed by atoms with Crippen molar-refractivity contribution < 1.29 is 4.52 Å². The van der Waals surface area contributed by atoms with E-state index in [0.29, 0.717) is 5.02 Å². The van der Waals surface area contributed by atoms with Crippen LogP contribution >= 0.6 is 24.2 Å². The molecule has 2 nitrogen and oxygen atoms in total. The normalized spacial score (nSPS) is 10.9. The molecule has 2 aromatic carbocycles. The Morgan fingerprint density at radius 3 is 2.59 bits per heavy atom. The molecule has 0 unspecified atom stereocenters.